The summed E-state index contributed by atoms with van der Waals surface area (Å²) in [5, 5.41) is 32.2. The normalized spacial score (nSPS) is 23.7. The molecular formula is C17H17N7Na2O8S4. The minimum absolute atomic E-state index is 0. The molecule has 4 rings (SSSR count). The molecule has 194 valence electrons. The number of fused-ring (bicyclic) bond motifs is 1. The number of methoxy groups -OCH3 is 1. The minimum atomic E-state index is -1.81. The number of aromatic nitrogens is 4. The Bertz CT molecular complexity index is 1240. The number of tetrazole rings is 1. The van der Waals surface area contributed by atoms with Crippen molar-refractivity contribution in [1.82, 2.24) is 30.4 Å². The summed E-state index contributed by atoms with van der Waals surface area (Å²) in [6.45, 7) is 0. The van der Waals surface area contributed by atoms with E-state index in [4.69, 9.17) is 15.6 Å². The second kappa shape index (κ2) is 13.3. The molecular weight excluding hydrogens is 604 g/mol. The zero-order chi connectivity index (χ0) is 26.4. The van der Waals surface area contributed by atoms with Gasteiger partial charge in [0.1, 0.15) is 21.2 Å². The van der Waals surface area contributed by atoms with Gasteiger partial charge < -0.3 is 26.0 Å². The van der Waals surface area contributed by atoms with Crippen LogP contribution in [0.5, 0.6) is 0 Å². The fourth-order valence-corrected chi connectivity index (χ4v) is 8.16. The smallest absolute Gasteiger partial charge is 0.352 e. The van der Waals surface area contributed by atoms with Gasteiger partial charge in [-0.15, -0.1) is 16.9 Å². The summed E-state index contributed by atoms with van der Waals surface area (Å²) < 4.78 is 6.05. The van der Waals surface area contributed by atoms with Crippen LogP contribution in [0.4, 0.5) is 0 Å². The van der Waals surface area contributed by atoms with E-state index in [0.717, 1.165) is 28.4 Å². The second-order valence-corrected chi connectivity index (χ2v) is 12.1. The van der Waals surface area contributed by atoms with Crippen LogP contribution in [0.2, 0.25) is 0 Å². The quantitative estimate of drug-likeness (QED) is 0.0439. The standard InChI is InChI=1S/C17H17N7O8S4.2Na/c1-23-16(20-21-22-23)34-4-5-3-33-15-17(32-2,14(31)24(15)7(5)11(29)30)19-9(26)13-35-12(36-13)6(8(18)25)10(27)28;;/h13,15H,3-4H2,1-2H3,(H2,18,25)(H,19,26)(H,27,28)(H,29,30);;/t13?,15-,17+;;/m1../s1. The number of carboxylic acid groups (broad SMARTS) is 2. The predicted octanol–water partition coefficient (Wildman–Crippen LogP) is -2.16. The molecule has 15 nitrogen and oxygen atoms in total. The summed E-state index contributed by atoms with van der Waals surface area (Å²) in [5.41, 5.74) is 2.93. The Morgan fingerprint density at radius 1 is 1.26 bits per heavy atom. The van der Waals surface area contributed by atoms with Crippen molar-refractivity contribution in [1.29, 1.82) is 0 Å². The van der Waals surface area contributed by atoms with E-state index < -0.39 is 50.9 Å². The van der Waals surface area contributed by atoms with Crippen molar-refractivity contribution in [2.45, 2.75) is 20.8 Å². The molecule has 21 heteroatoms. The number of carboxylic acids is 2. The predicted molar refractivity (Wildman–Crippen MR) is 139 cm³/mol. The number of aliphatic carboxylic acids is 2. The molecule has 38 heavy (non-hydrogen) atoms. The van der Waals surface area contributed by atoms with E-state index in [-0.39, 0.29) is 80.6 Å². The van der Waals surface area contributed by atoms with Gasteiger partial charge in [-0.25, -0.2) is 14.3 Å². The number of nitrogens with two attached hydrogens (primary N) is 1. The van der Waals surface area contributed by atoms with Crippen molar-refractivity contribution in [3.63, 3.8) is 0 Å². The van der Waals surface area contributed by atoms with E-state index in [2.05, 4.69) is 20.8 Å². The van der Waals surface area contributed by atoms with Crippen LogP contribution in [0.25, 0.3) is 0 Å². The number of carbonyl (C=O) groups excluding carboxylic acids is 3. The Kier molecular flexibility index (Phi) is 11.7. The van der Waals surface area contributed by atoms with Crippen LogP contribution in [0.3, 0.4) is 0 Å². The maximum absolute atomic E-state index is 13.2. The summed E-state index contributed by atoms with van der Waals surface area (Å²) in [5.74, 6) is -4.89. The molecule has 2 saturated heterocycles. The van der Waals surface area contributed by atoms with Crippen LogP contribution in [0.15, 0.2) is 26.2 Å². The molecule has 2 radical (unpaired) electrons. The minimum Gasteiger partial charge on any atom is -0.477 e. The molecule has 3 amide bonds. The van der Waals surface area contributed by atoms with Gasteiger partial charge in [-0.2, -0.15) is 0 Å². The number of nitrogens with zero attached hydrogens (tertiary/aromatic N) is 5. The maximum Gasteiger partial charge on any atom is 0.352 e. The van der Waals surface area contributed by atoms with Crippen LogP contribution in [-0.4, -0.2) is 158 Å². The Balaban J connectivity index is 0.00000253. The topological polar surface area (TPSA) is 220 Å². The first-order valence-corrected chi connectivity index (χ1v) is 13.5. The van der Waals surface area contributed by atoms with Gasteiger partial charge in [-0.1, -0.05) is 35.3 Å². The van der Waals surface area contributed by atoms with Gasteiger partial charge in [0, 0.05) is 84.8 Å². The number of carbonyl (C=O) groups is 5. The first kappa shape index (κ1) is 33.5. The van der Waals surface area contributed by atoms with Crippen molar-refractivity contribution in [3.05, 3.63) is 21.1 Å². The fraction of sp³-hybridized carbons (Fsp3) is 0.412. The van der Waals surface area contributed by atoms with Gasteiger partial charge in [0.25, 0.3) is 17.5 Å². The molecule has 5 N–H and O–H groups in total. The summed E-state index contributed by atoms with van der Waals surface area (Å²) in [6.07, 6.45) is 0. The third-order valence-electron chi connectivity index (χ3n) is 5.21. The van der Waals surface area contributed by atoms with E-state index in [1.807, 2.05) is 0 Å². The van der Waals surface area contributed by atoms with Crippen molar-refractivity contribution >= 4 is 136 Å². The summed E-state index contributed by atoms with van der Waals surface area (Å²) in [7, 11) is 2.86. The number of amides is 3. The van der Waals surface area contributed by atoms with Gasteiger partial charge in [0.05, 0.1) is 4.24 Å². The van der Waals surface area contributed by atoms with Crippen LogP contribution in [-0.2, 0) is 35.8 Å². The average molecular weight is 622 g/mol. The molecule has 1 aromatic rings. The maximum atomic E-state index is 13.2. The molecule has 2 fully saturated rings. The van der Waals surface area contributed by atoms with Crippen LogP contribution < -0.4 is 11.1 Å². The van der Waals surface area contributed by atoms with Gasteiger partial charge in [0.2, 0.25) is 11.1 Å². The molecule has 3 aliphatic rings. The molecule has 3 aliphatic heterocycles. The first-order chi connectivity index (χ1) is 17.0. The molecule has 4 heterocycles. The van der Waals surface area contributed by atoms with E-state index in [9.17, 15) is 29.1 Å². The number of primary amides is 1. The fourth-order valence-electron chi connectivity index (χ4n) is 3.51. The Hall–Kier alpha value is -0.740. The molecule has 1 aromatic heterocycles. The van der Waals surface area contributed by atoms with E-state index in [0.29, 0.717) is 10.7 Å². The molecule has 0 aromatic carbocycles. The van der Waals surface area contributed by atoms with E-state index in [1.54, 1.807) is 7.05 Å². The third kappa shape index (κ3) is 5.97. The monoisotopic (exact) mass is 621 g/mol. The van der Waals surface area contributed by atoms with Crippen molar-refractivity contribution in [2.24, 2.45) is 12.8 Å². The van der Waals surface area contributed by atoms with Crippen molar-refractivity contribution in [2.75, 3.05) is 18.6 Å². The number of thioether (sulfide) groups is 4. The van der Waals surface area contributed by atoms with Gasteiger partial charge in [0.15, 0.2) is 0 Å². The number of ether oxygens (including phenoxy) is 1. The molecule has 0 spiro atoms. The molecule has 0 bridgehead atoms. The van der Waals surface area contributed by atoms with Crippen LogP contribution >= 0.6 is 47.0 Å². The third-order valence-corrected chi connectivity index (χ3v) is 10.5. The zero-order valence-electron chi connectivity index (χ0n) is 20.4. The van der Waals surface area contributed by atoms with Crippen molar-refractivity contribution < 1.29 is 38.9 Å². The number of hydrogen-bond donors (Lipinski definition) is 4. The molecule has 2 atom stereocenters. The molecule has 0 aliphatic carbocycles. The van der Waals surface area contributed by atoms with Gasteiger partial charge in [-0.05, 0) is 16.0 Å². The van der Waals surface area contributed by atoms with Crippen LogP contribution in [0, 0.1) is 0 Å². The van der Waals surface area contributed by atoms with E-state index in [1.165, 1.54) is 35.3 Å². The first-order valence-electron chi connectivity index (χ1n) is 9.75. The summed E-state index contributed by atoms with van der Waals surface area (Å²) in [6, 6.07) is 0. The number of rotatable bonds is 9. The van der Waals surface area contributed by atoms with E-state index >= 15 is 0 Å². The number of hydrogen-bond acceptors (Lipinski definition) is 13. The molecule has 0 saturated carbocycles. The van der Waals surface area contributed by atoms with Crippen molar-refractivity contribution in [3.8, 4) is 0 Å². The summed E-state index contributed by atoms with van der Waals surface area (Å²) >= 11 is 4.06. The molecule has 0 unspecified atom stereocenters. The average Bonchev–Trinajstić information content (AvgIpc) is 3.20. The number of nitrogens with one attached hydrogen (secondary N) is 1. The summed E-state index contributed by atoms with van der Waals surface area (Å²) in [4.78, 5) is 61.7. The van der Waals surface area contributed by atoms with Crippen LogP contribution in [0.1, 0.15) is 0 Å². The van der Waals surface area contributed by atoms with Gasteiger partial charge in [-0.3, -0.25) is 19.3 Å². The second-order valence-electron chi connectivity index (χ2n) is 7.30. The largest absolute Gasteiger partial charge is 0.477 e. The Morgan fingerprint density at radius 3 is 2.42 bits per heavy atom. The zero-order valence-corrected chi connectivity index (χ0v) is 27.6. The van der Waals surface area contributed by atoms with Gasteiger partial charge >= 0.3 is 11.9 Å². The Labute approximate surface area is 275 Å². The Morgan fingerprint density at radius 2 is 1.92 bits per heavy atom. The SMILES string of the molecule is CO[C@@]1(NC(=O)C2SC(=C(C(N)=O)C(=O)O)S2)C(=O)N2C(C(=O)O)=C(CSc3nnnn3C)CS[C@@H]21.[Na].[Na]. The number of aryl methyl sites for hydroxylation is 1. The number of β-lactam (4-membered cyclic amide) rings is 1.